The number of hydrogen-bond acceptors (Lipinski definition) is 3. The lowest BCUT2D eigenvalue weighted by Gasteiger charge is -2.37. The van der Waals surface area contributed by atoms with E-state index in [9.17, 15) is 0 Å². The fourth-order valence-corrected chi connectivity index (χ4v) is 9.15. The standard InChI is InChI=1S/C58H40N4/c1-5-19-42(20-6-1)55-59-56(61-57(60-55)45-23-18-30-50(40-45)62-53-33-15-13-31-51(53)52-32-14-16-34-54(52)62)44-22-17-21-43(39-44)41-35-37-49(38-36-41)58(46-24-7-2-8-25-46,47-26-9-3-10-27-47)48-28-11-4-12-29-48/h1-40H. The molecule has 2 heterocycles. The van der Waals surface area contributed by atoms with Gasteiger partial charge in [0.1, 0.15) is 0 Å². The highest BCUT2D eigenvalue weighted by Crippen LogP contribution is 2.45. The summed E-state index contributed by atoms with van der Waals surface area (Å²) in [6.07, 6.45) is 0. The van der Waals surface area contributed by atoms with E-state index in [2.05, 4.69) is 229 Å². The van der Waals surface area contributed by atoms with Gasteiger partial charge in [-0.15, -0.1) is 0 Å². The monoisotopic (exact) mass is 792 g/mol. The van der Waals surface area contributed by atoms with Crippen LogP contribution in [0.3, 0.4) is 0 Å². The second-order valence-corrected chi connectivity index (χ2v) is 15.6. The number of para-hydroxylation sites is 2. The second-order valence-electron chi connectivity index (χ2n) is 15.6. The molecule has 292 valence electrons. The van der Waals surface area contributed by atoms with Crippen LogP contribution in [0.5, 0.6) is 0 Å². The van der Waals surface area contributed by atoms with Crippen molar-refractivity contribution in [2.24, 2.45) is 0 Å². The highest BCUT2D eigenvalue weighted by atomic mass is 15.0. The molecule has 0 N–H and O–H groups in total. The van der Waals surface area contributed by atoms with Crippen molar-refractivity contribution in [2.45, 2.75) is 5.41 Å². The van der Waals surface area contributed by atoms with Crippen LogP contribution in [0.25, 0.3) is 72.8 Å². The lowest BCUT2D eigenvalue weighted by atomic mass is 9.65. The Balaban J connectivity index is 1.01. The van der Waals surface area contributed by atoms with Crippen molar-refractivity contribution in [3.05, 3.63) is 265 Å². The van der Waals surface area contributed by atoms with E-state index in [-0.39, 0.29) is 0 Å². The maximum atomic E-state index is 5.20. The van der Waals surface area contributed by atoms with Crippen LogP contribution in [0.1, 0.15) is 22.3 Å². The smallest absolute Gasteiger partial charge is 0.164 e. The summed E-state index contributed by atoms with van der Waals surface area (Å²) in [7, 11) is 0. The summed E-state index contributed by atoms with van der Waals surface area (Å²) < 4.78 is 2.33. The predicted octanol–water partition coefficient (Wildman–Crippen LogP) is 14.0. The minimum atomic E-state index is -0.516. The molecule has 0 unspecified atom stereocenters. The minimum Gasteiger partial charge on any atom is -0.309 e. The Morgan fingerprint density at radius 1 is 0.274 bits per heavy atom. The van der Waals surface area contributed by atoms with Gasteiger partial charge in [0.2, 0.25) is 0 Å². The molecule has 11 rings (SSSR count). The van der Waals surface area contributed by atoms with Crippen LogP contribution in [0.2, 0.25) is 0 Å². The van der Waals surface area contributed by atoms with Gasteiger partial charge in [0.15, 0.2) is 17.5 Å². The van der Waals surface area contributed by atoms with Gasteiger partial charge in [0.05, 0.1) is 16.4 Å². The Kier molecular flexibility index (Phi) is 9.36. The normalized spacial score (nSPS) is 11.5. The SMILES string of the molecule is c1ccc(-c2nc(-c3cccc(-c4ccc(C(c5ccccc5)(c5ccccc5)c5ccccc5)cc4)c3)nc(-c3cccc(-n4c5ccccc5c5ccccc54)c3)n2)cc1. The zero-order valence-corrected chi connectivity index (χ0v) is 33.9. The first-order chi connectivity index (χ1) is 30.7. The Morgan fingerprint density at radius 3 is 1.19 bits per heavy atom. The number of fused-ring (bicyclic) bond motifs is 3. The van der Waals surface area contributed by atoms with Crippen LogP contribution < -0.4 is 0 Å². The molecule has 2 aromatic heterocycles. The molecular weight excluding hydrogens is 753 g/mol. The minimum absolute atomic E-state index is 0.516. The molecule has 11 aromatic rings. The third kappa shape index (κ3) is 6.46. The number of aromatic nitrogens is 4. The number of benzene rings is 9. The van der Waals surface area contributed by atoms with Gasteiger partial charge in [0.25, 0.3) is 0 Å². The molecule has 0 spiro atoms. The quantitative estimate of drug-likeness (QED) is 0.137. The van der Waals surface area contributed by atoms with Crippen LogP contribution in [0.15, 0.2) is 243 Å². The zero-order chi connectivity index (χ0) is 41.3. The third-order valence-corrected chi connectivity index (χ3v) is 12.0. The molecule has 0 fully saturated rings. The molecule has 0 saturated heterocycles. The van der Waals surface area contributed by atoms with Crippen molar-refractivity contribution in [3.63, 3.8) is 0 Å². The molecule has 4 nitrogen and oxygen atoms in total. The largest absolute Gasteiger partial charge is 0.309 e. The summed E-state index contributed by atoms with van der Waals surface area (Å²) >= 11 is 0. The van der Waals surface area contributed by atoms with E-state index < -0.39 is 5.41 Å². The number of rotatable bonds is 9. The molecule has 0 aliphatic heterocycles. The van der Waals surface area contributed by atoms with Crippen molar-refractivity contribution < 1.29 is 0 Å². The van der Waals surface area contributed by atoms with Crippen LogP contribution in [-0.4, -0.2) is 19.5 Å². The molecule has 0 saturated carbocycles. The molecule has 0 aliphatic rings. The van der Waals surface area contributed by atoms with Crippen molar-refractivity contribution in [1.82, 2.24) is 19.5 Å². The van der Waals surface area contributed by atoms with E-state index in [1.807, 2.05) is 18.2 Å². The molecular formula is C58H40N4. The number of nitrogens with zero attached hydrogens (tertiary/aromatic N) is 4. The summed E-state index contributed by atoms with van der Waals surface area (Å²) in [4.78, 5) is 15.4. The van der Waals surface area contributed by atoms with Crippen molar-refractivity contribution in [1.29, 1.82) is 0 Å². The van der Waals surface area contributed by atoms with Crippen LogP contribution in [-0.2, 0) is 5.41 Å². The molecule has 9 aromatic carbocycles. The van der Waals surface area contributed by atoms with E-state index >= 15 is 0 Å². The third-order valence-electron chi connectivity index (χ3n) is 12.0. The van der Waals surface area contributed by atoms with E-state index in [1.54, 1.807) is 0 Å². The van der Waals surface area contributed by atoms with E-state index in [0.717, 1.165) is 44.5 Å². The Bertz CT molecular complexity index is 3170. The summed E-state index contributed by atoms with van der Waals surface area (Å²) in [5.41, 5.74) is 12.6. The molecule has 0 aliphatic carbocycles. The van der Waals surface area contributed by atoms with Gasteiger partial charge >= 0.3 is 0 Å². The Labute approximate surface area is 361 Å². The average Bonchev–Trinajstić information content (AvgIpc) is 3.70. The zero-order valence-electron chi connectivity index (χ0n) is 33.9. The maximum absolute atomic E-state index is 5.20. The summed E-state index contributed by atoms with van der Waals surface area (Å²) in [5.74, 6) is 1.86. The van der Waals surface area contributed by atoms with E-state index in [0.29, 0.717) is 17.5 Å². The van der Waals surface area contributed by atoms with Gasteiger partial charge < -0.3 is 4.57 Å². The summed E-state index contributed by atoms with van der Waals surface area (Å²) in [6, 6.07) is 85.9. The average molecular weight is 793 g/mol. The first-order valence-corrected chi connectivity index (χ1v) is 21.0. The summed E-state index contributed by atoms with van der Waals surface area (Å²) in [5, 5.41) is 2.44. The van der Waals surface area contributed by atoms with Crippen LogP contribution >= 0.6 is 0 Å². The van der Waals surface area contributed by atoms with Crippen LogP contribution in [0.4, 0.5) is 0 Å². The van der Waals surface area contributed by atoms with E-state index in [1.165, 1.54) is 33.0 Å². The van der Waals surface area contributed by atoms with Crippen LogP contribution in [0, 0.1) is 0 Å². The topological polar surface area (TPSA) is 43.6 Å². The van der Waals surface area contributed by atoms with Gasteiger partial charge in [0, 0.05) is 33.2 Å². The lowest BCUT2D eigenvalue weighted by molar-refractivity contribution is 0.745. The summed E-state index contributed by atoms with van der Waals surface area (Å²) in [6.45, 7) is 0. The predicted molar refractivity (Wildman–Crippen MR) is 254 cm³/mol. The Hall–Kier alpha value is -8.21. The van der Waals surface area contributed by atoms with Gasteiger partial charge in [-0.1, -0.05) is 212 Å². The maximum Gasteiger partial charge on any atom is 0.164 e. The highest BCUT2D eigenvalue weighted by Gasteiger charge is 2.38. The van der Waals surface area contributed by atoms with Crippen molar-refractivity contribution in [2.75, 3.05) is 0 Å². The Morgan fingerprint density at radius 2 is 0.661 bits per heavy atom. The fraction of sp³-hybridized carbons (Fsp3) is 0.0172. The van der Waals surface area contributed by atoms with Crippen molar-refractivity contribution in [3.8, 4) is 51.0 Å². The van der Waals surface area contributed by atoms with E-state index in [4.69, 9.17) is 15.0 Å². The first kappa shape index (κ1) is 36.8. The van der Waals surface area contributed by atoms with Crippen molar-refractivity contribution >= 4 is 21.8 Å². The van der Waals surface area contributed by atoms with Gasteiger partial charge in [-0.25, -0.2) is 15.0 Å². The van der Waals surface area contributed by atoms with Gasteiger partial charge in [-0.2, -0.15) is 0 Å². The van der Waals surface area contributed by atoms with Gasteiger partial charge in [-0.05, 0) is 63.7 Å². The number of hydrogen-bond donors (Lipinski definition) is 0. The highest BCUT2D eigenvalue weighted by molar-refractivity contribution is 6.09. The second kappa shape index (κ2) is 15.8. The lowest BCUT2D eigenvalue weighted by Crippen LogP contribution is -2.30. The molecule has 0 atom stereocenters. The molecule has 0 bridgehead atoms. The molecule has 0 amide bonds. The molecule has 62 heavy (non-hydrogen) atoms. The van der Waals surface area contributed by atoms with Gasteiger partial charge in [-0.3, -0.25) is 0 Å². The first-order valence-electron chi connectivity index (χ1n) is 21.0. The fourth-order valence-electron chi connectivity index (χ4n) is 9.15. The molecule has 0 radical (unpaired) electrons. The molecule has 4 heteroatoms.